The monoisotopic (exact) mass is 225 g/mol. The SMILES string of the molecule is CC(C)[C@@H]1C[C@@H]([C@@H]2CCC(=O)O2)N(C)C1=O. The molecule has 4 heteroatoms. The molecule has 0 aromatic rings. The molecular weight excluding hydrogens is 206 g/mol. The van der Waals surface area contributed by atoms with Gasteiger partial charge in [-0.2, -0.15) is 0 Å². The summed E-state index contributed by atoms with van der Waals surface area (Å²) < 4.78 is 5.26. The fourth-order valence-corrected chi connectivity index (χ4v) is 2.72. The number of likely N-dealkylation sites (N-methyl/N-ethyl adjacent to an activating group) is 1. The van der Waals surface area contributed by atoms with Crippen molar-refractivity contribution in [2.75, 3.05) is 7.05 Å². The van der Waals surface area contributed by atoms with Gasteiger partial charge in [-0.15, -0.1) is 0 Å². The Morgan fingerprint density at radius 3 is 2.50 bits per heavy atom. The van der Waals surface area contributed by atoms with E-state index in [0.717, 1.165) is 12.8 Å². The number of rotatable bonds is 2. The molecule has 2 aliphatic heterocycles. The van der Waals surface area contributed by atoms with Crippen LogP contribution < -0.4 is 0 Å². The van der Waals surface area contributed by atoms with E-state index in [1.165, 1.54) is 0 Å². The Labute approximate surface area is 95.9 Å². The van der Waals surface area contributed by atoms with Gasteiger partial charge in [-0.25, -0.2) is 0 Å². The first-order valence-corrected chi connectivity index (χ1v) is 5.97. The molecule has 0 aromatic carbocycles. The van der Waals surface area contributed by atoms with E-state index in [0.29, 0.717) is 12.3 Å². The maximum atomic E-state index is 12.0. The molecule has 0 radical (unpaired) electrons. The maximum absolute atomic E-state index is 12.0. The van der Waals surface area contributed by atoms with Gasteiger partial charge >= 0.3 is 5.97 Å². The van der Waals surface area contributed by atoms with Crippen molar-refractivity contribution in [3.05, 3.63) is 0 Å². The van der Waals surface area contributed by atoms with Crippen LogP contribution in [-0.2, 0) is 14.3 Å². The second-order valence-electron chi connectivity index (χ2n) is 5.17. The summed E-state index contributed by atoms with van der Waals surface area (Å²) in [5.41, 5.74) is 0. The fraction of sp³-hybridized carbons (Fsp3) is 0.833. The molecule has 2 heterocycles. The molecule has 0 saturated carbocycles. The average Bonchev–Trinajstić information content (AvgIpc) is 2.74. The quantitative estimate of drug-likeness (QED) is 0.663. The number of hydrogen-bond acceptors (Lipinski definition) is 3. The topological polar surface area (TPSA) is 46.6 Å². The second-order valence-corrected chi connectivity index (χ2v) is 5.17. The Kier molecular flexibility index (Phi) is 2.91. The van der Waals surface area contributed by atoms with Gasteiger partial charge in [-0.1, -0.05) is 13.8 Å². The molecule has 1 amide bonds. The van der Waals surface area contributed by atoms with Crippen LogP contribution in [0.15, 0.2) is 0 Å². The second kappa shape index (κ2) is 4.07. The number of carbonyl (C=O) groups is 2. The highest BCUT2D eigenvalue weighted by Gasteiger charge is 2.45. The van der Waals surface area contributed by atoms with Crippen molar-refractivity contribution in [3.8, 4) is 0 Å². The maximum Gasteiger partial charge on any atom is 0.306 e. The predicted molar refractivity (Wildman–Crippen MR) is 58.6 cm³/mol. The number of ether oxygens (including phenoxy) is 1. The van der Waals surface area contributed by atoms with E-state index in [-0.39, 0.29) is 29.9 Å². The first kappa shape index (κ1) is 11.4. The molecule has 90 valence electrons. The zero-order valence-electron chi connectivity index (χ0n) is 10.1. The molecule has 2 aliphatic rings. The summed E-state index contributed by atoms with van der Waals surface area (Å²) in [6, 6.07) is 0.0892. The molecule has 0 N–H and O–H groups in total. The van der Waals surface area contributed by atoms with Crippen molar-refractivity contribution < 1.29 is 14.3 Å². The number of esters is 1. The van der Waals surface area contributed by atoms with E-state index in [9.17, 15) is 9.59 Å². The standard InChI is InChI=1S/C12H19NO3/c1-7(2)8-6-9(13(3)12(8)15)10-4-5-11(14)16-10/h7-10H,4-6H2,1-3H3/t8-,9-,10-/m0/s1. The Morgan fingerprint density at radius 1 is 1.38 bits per heavy atom. The minimum atomic E-state index is -0.126. The lowest BCUT2D eigenvalue weighted by Crippen LogP contribution is -2.38. The number of amides is 1. The molecule has 2 rings (SSSR count). The highest BCUT2D eigenvalue weighted by Crippen LogP contribution is 2.34. The number of carbonyl (C=O) groups excluding carboxylic acids is 2. The Bertz CT molecular complexity index is 313. The summed E-state index contributed by atoms with van der Waals surface area (Å²) in [5, 5.41) is 0. The molecule has 4 nitrogen and oxygen atoms in total. The van der Waals surface area contributed by atoms with Crippen LogP contribution in [-0.4, -0.2) is 36.0 Å². The van der Waals surface area contributed by atoms with Gasteiger partial charge in [0.25, 0.3) is 0 Å². The van der Waals surface area contributed by atoms with Crippen LogP contribution in [0.1, 0.15) is 33.1 Å². The van der Waals surface area contributed by atoms with Crippen molar-refractivity contribution in [3.63, 3.8) is 0 Å². The van der Waals surface area contributed by atoms with Crippen LogP contribution in [0.3, 0.4) is 0 Å². The lowest BCUT2D eigenvalue weighted by molar-refractivity contribution is -0.145. The van der Waals surface area contributed by atoms with Crippen LogP contribution in [0.4, 0.5) is 0 Å². The van der Waals surface area contributed by atoms with Crippen molar-refractivity contribution in [2.24, 2.45) is 11.8 Å². The Balaban J connectivity index is 2.07. The predicted octanol–water partition coefficient (Wildman–Crippen LogP) is 1.19. The van der Waals surface area contributed by atoms with Crippen LogP contribution in [0.2, 0.25) is 0 Å². The lowest BCUT2D eigenvalue weighted by atomic mass is 9.91. The summed E-state index contributed by atoms with van der Waals surface area (Å²) in [7, 11) is 1.82. The highest BCUT2D eigenvalue weighted by molar-refractivity contribution is 5.82. The first-order valence-electron chi connectivity index (χ1n) is 5.97. The minimum Gasteiger partial charge on any atom is -0.460 e. The largest absolute Gasteiger partial charge is 0.460 e. The Morgan fingerprint density at radius 2 is 2.06 bits per heavy atom. The van der Waals surface area contributed by atoms with E-state index in [1.54, 1.807) is 4.90 Å². The third-order valence-corrected chi connectivity index (χ3v) is 3.81. The van der Waals surface area contributed by atoms with E-state index in [4.69, 9.17) is 4.74 Å². The molecule has 0 aromatic heterocycles. The molecule has 0 aliphatic carbocycles. The van der Waals surface area contributed by atoms with E-state index in [2.05, 4.69) is 13.8 Å². The van der Waals surface area contributed by atoms with Gasteiger partial charge in [0.15, 0.2) is 0 Å². The number of hydrogen-bond donors (Lipinski definition) is 0. The summed E-state index contributed by atoms with van der Waals surface area (Å²) in [4.78, 5) is 24.8. The number of nitrogens with zero attached hydrogens (tertiary/aromatic N) is 1. The van der Waals surface area contributed by atoms with Crippen molar-refractivity contribution in [2.45, 2.75) is 45.3 Å². The molecule has 16 heavy (non-hydrogen) atoms. The van der Waals surface area contributed by atoms with E-state index in [1.807, 2.05) is 7.05 Å². The molecule has 3 atom stereocenters. The van der Waals surface area contributed by atoms with Crippen molar-refractivity contribution in [1.82, 2.24) is 4.90 Å². The van der Waals surface area contributed by atoms with Crippen LogP contribution in [0, 0.1) is 11.8 Å². The summed E-state index contributed by atoms with van der Waals surface area (Å²) >= 11 is 0. The van der Waals surface area contributed by atoms with E-state index >= 15 is 0 Å². The fourth-order valence-electron chi connectivity index (χ4n) is 2.72. The zero-order chi connectivity index (χ0) is 11.9. The van der Waals surface area contributed by atoms with Gasteiger partial charge in [-0.05, 0) is 18.8 Å². The van der Waals surface area contributed by atoms with Gasteiger partial charge in [0, 0.05) is 19.4 Å². The van der Waals surface area contributed by atoms with Gasteiger partial charge < -0.3 is 9.64 Å². The van der Waals surface area contributed by atoms with Crippen LogP contribution in [0.25, 0.3) is 0 Å². The highest BCUT2D eigenvalue weighted by atomic mass is 16.6. The third-order valence-electron chi connectivity index (χ3n) is 3.81. The zero-order valence-corrected chi connectivity index (χ0v) is 10.1. The molecular formula is C12H19NO3. The average molecular weight is 225 g/mol. The number of likely N-dealkylation sites (tertiary alicyclic amines) is 1. The molecule has 0 spiro atoms. The normalized spacial score (nSPS) is 35.0. The van der Waals surface area contributed by atoms with Gasteiger partial charge in [0.2, 0.25) is 5.91 Å². The molecule has 0 unspecified atom stereocenters. The minimum absolute atomic E-state index is 0.0785. The summed E-state index contributed by atoms with van der Waals surface area (Å²) in [6.45, 7) is 4.14. The van der Waals surface area contributed by atoms with Crippen LogP contribution in [0.5, 0.6) is 0 Å². The van der Waals surface area contributed by atoms with Crippen LogP contribution >= 0.6 is 0 Å². The van der Waals surface area contributed by atoms with Gasteiger partial charge in [0.05, 0.1) is 6.04 Å². The van der Waals surface area contributed by atoms with Gasteiger partial charge in [0.1, 0.15) is 6.10 Å². The van der Waals surface area contributed by atoms with Crippen molar-refractivity contribution in [1.29, 1.82) is 0 Å². The molecule has 0 bridgehead atoms. The molecule has 2 fully saturated rings. The number of cyclic esters (lactones) is 1. The summed E-state index contributed by atoms with van der Waals surface area (Å²) in [5.74, 6) is 0.521. The van der Waals surface area contributed by atoms with E-state index < -0.39 is 0 Å². The smallest absolute Gasteiger partial charge is 0.306 e. The third kappa shape index (κ3) is 1.81. The molecule has 2 saturated heterocycles. The summed E-state index contributed by atoms with van der Waals surface area (Å²) in [6.07, 6.45) is 2.00. The van der Waals surface area contributed by atoms with Gasteiger partial charge in [-0.3, -0.25) is 9.59 Å². The van der Waals surface area contributed by atoms with Crippen molar-refractivity contribution >= 4 is 11.9 Å². The first-order chi connectivity index (χ1) is 7.50. The Hall–Kier alpha value is -1.06. The lowest BCUT2D eigenvalue weighted by Gasteiger charge is -2.24.